The standard InChI is InChI=1S/C19H17BrS/c1-16-9-8-14-19(15-16)21(20,17-10-4-2-5-11-17)18-12-6-3-7-13-18/h2-15H,1H3. The van der Waals surface area contributed by atoms with Gasteiger partial charge in [0.05, 0.1) is 0 Å². The molecular formula is C19H17BrS. The Bertz CT molecular complexity index is 683. The molecule has 0 radical (unpaired) electrons. The van der Waals surface area contributed by atoms with Crippen molar-refractivity contribution in [2.45, 2.75) is 21.6 Å². The van der Waals surface area contributed by atoms with Crippen molar-refractivity contribution in [3.8, 4) is 0 Å². The van der Waals surface area contributed by atoms with Crippen LogP contribution in [-0.2, 0) is 0 Å². The second-order valence-electron chi connectivity index (χ2n) is 4.98. The fraction of sp³-hybridized carbons (Fsp3) is 0.0526. The van der Waals surface area contributed by atoms with Crippen LogP contribution < -0.4 is 0 Å². The maximum Gasteiger partial charge on any atom is 0.00809 e. The molecule has 2 heteroatoms. The van der Waals surface area contributed by atoms with Crippen molar-refractivity contribution >= 4 is 23.3 Å². The summed E-state index contributed by atoms with van der Waals surface area (Å²) in [5.41, 5.74) is 1.29. The van der Waals surface area contributed by atoms with Gasteiger partial charge < -0.3 is 0 Å². The molecule has 0 N–H and O–H groups in total. The molecule has 0 aromatic heterocycles. The predicted octanol–water partition coefficient (Wildman–Crippen LogP) is 6.59. The number of benzene rings is 3. The fourth-order valence-corrected chi connectivity index (χ4v) is 6.81. The van der Waals surface area contributed by atoms with Gasteiger partial charge in [-0.05, 0) is 58.1 Å². The monoisotopic (exact) mass is 356 g/mol. The van der Waals surface area contributed by atoms with Crippen LogP contribution in [0, 0.1) is 6.92 Å². The first-order valence-corrected chi connectivity index (χ1v) is 10.4. The van der Waals surface area contributed by atoms with E-state index in [1.54, 1.807) is 0 Å². The van der Waals surface area contributed by atoms with Crippen molar-refractivity contribution in [1.29, 1.82) is 0 Å². The molecule has 0 aliphatic carbocycles. The Balaban J connectivity index is 2.25. The molecule has 0 nitrogen and oxygen atoms in total. The van der Waals surface area contributed by atoms with Gasteiger partial charge in [-0.25, -0.2) is 0 Å². The molecule has 0 heterocycles. The summed E-state index contributed by atoms with van der Waals surface area (Å²) in [7, 11) is -1.39. The van der Waals surface area contributed by atoms with Crippen LogP contribution in [0.4, 0.5) is 0 Å². The fourth-order valence-electron chi connectivity index (χ4n) is 2.41. The lowest BCUT2D eigenvalue weighted by Gasteiger charge is -2.35. The van der Waals surface area contributed by atoms with E-state index in [-0.39, 0.29) is 0 Å². The molecule has 0 aliphatic rings. The summed E-state index contributed by atoms with van der Waals surface area (Å²) >= 11 is 4.13. The number of hydrogen-bond acceptors (Lipinski definition) is 0. The number of halogens is 1. The lowest BCUT2D eigenvalue weighted by atomic mass is 10.2. The SMILES string of the molecule is Cc1cccc(S(Br)(c2ccccc2)c2ccccc2)c1. The Labute approximate surface area is 135 Å². The van der Waals surface area contributed by atoms with Gasteiger partial charge in [-0.2, -0.15) is 0 Å². The molecule has 21 heavy (non-hydrogen) atoms. The molecule has 0 spiro atoms. The van der Waals surface area contributed by atoms with E-state index in [4.69, 9.17) is 0 Å². The molecule has 106 valence electrons. The number of rotatable bonds is 3. The van der Waals surface area contributed by atoms with Crippen LogP contribution in [0.1, 0.15) is 5.56 Å². The van der Waals surface area contributed by atoms with Crippen molar-refractivity contribution < 1.29 is 0 Å². The van der Waals surface area contributed by atoms with Crippen LogP contribution in [-0.4, -0.2) is 0 Å². The Morgan fingerprint density at radius 1 is 0.619 bits per heavy atom. The molecule has 3 rings (SSSR count). The van der Waals surface area contributed by atoms with Gasteiger partial charge in [0.25, 0.3) is 0 Å². The lowest BCUT2D eigenvalue weighted by molar-refractivity contribution is 1.29. The van der Waals surface area contributed by atoms with Crippen LogP contribution in [0.25, 0.3) is 0 Å². The van der Waals surface area contributed by atoms with E-state index in [0.717, 1.165) is 0 Å². The Hall–Kier alpha value is -1.51. The first-order chi connectivity index (χ1) is 10.2. The minimum absolute atomic E-state index is 1.29. The maximum absolute atomic E-state index is 4.13. The predicted molar refractivity (Wildman–Crippen MR) is 95.4 cm³/mol. The number of hydrogen-bond donors (Lipinski definition) is 0. The molecule has 0 fully saturated rings. The smallest absolute Gasteiger partial charge is 0.00809 e. The summed E-state index contributed by atoms with van der Waals surface area (Å²) in [4.78, 5) is 3.98. The third-order valence-electron chi connectivity index (χ3n) is 3.45. The summed E-state index contributed by atoms with van der Waals surface area (Å²) in [5.74, 6) is 0. The lowest BCUT2D eigenvalue weighted by Crippen LogP contribution is -1.96. The van der Waals surface area contributed by atoms with Gasteiger partial charge in [-0.3, -0.25) is 0 Å². The van der Waals surface area contributed by atoms with Gasteiger partial charge in [0, 0.05) is 14.7 Å². The van der Waals surface area contributed by atoms with Gasteiger partial charge in [-0.1, -0.05) is 54.1 Å². The zero-order chi connectivity index (χ0) is 14.7. The first kappa shape index (κ1) is 14.4. The van der Waals surface area contributed by atoms with Crippen molar-refractivity contribution in [3.05, 3.63) is 90.5 Å². The van der Waals surface area contributed by atoms with Crippen molar-refractivity contribution in [2.24, 2.45) is 0 Å². The van der Waals surface area contributed by atoms with Crippen LogP contribution in [0.3, 0.4) is 0 Å². The van der Waals surface area contributed by atoms with Crippen LogP contribution >= 0.6 is 23.3 Å². The Kier molecular flexibility index (Phi) is 4.18. The zero-order valence-electron chi connectivity index (χ0n) is 11.9. The van der Waals surface area contributed by atoms with Gasteiger partial charge in [-0.15, -0.1) is 8.46 Å². The normalized spacial score (nSPS) is 12.1. The molecule has 0 unspecified atom stereocenters. The highest BCUT2D eigenvalue weighted by Crippen LogP contribution is 2.73. The third-order valence-corrected chi connectivity index (χ3v) is 9.56. The number of aryl methyl sites for hydroxylation is 1. The highest BCUT2D eigenvalue weighted by Gasteiger charge is 2.27. The van der Waals surface area contributed by atoms with E-state index in [1.807, 2.05) is 0 Å². The molecule has 3 aromatic rings. The highest BCUT2D eigenvalue weighted by atomic mass is 79.9. The van der Waals surface area contributed by atoms with E-state index in [9.17, 15) is 0 Å². The van der Waals surface area contributed by atoms with Crippen molar-refractivity contribution in [2.75, 3.05) is 0 Å². The van der Waals surface area contributed by atoms with E-state index in [1.165, 1.54) is 20.2 Å². The molecule has 0 saturated heterocycles. The molecule has 0 amide bonds. The van der Waals surface area contributed by atoms with E-state index < -0.39 is 8.46 Å². The molecule has 0 bridgehead atoms. The van der Waals surface area contributed by atoms with E-state index >= 15 is 0 Å². The average molecular weight is 357 g/mol. The van der Waals surface area contributed by atoms with Crippen molar-refractivity contribution in [1.82, 2.24) is 0 Å². The first-order valence-electron chi connectivity index (χ1n) is 6.91. The third kappa shape index (κ3) is 2.78. The molecule has 0 atom stereocenters. The topological polar surface area (TPSA) is 0 Å². The highest BCUT2D eigenvalue weighted by molar-refractivity contribution is 9.58. The molecule has 0 saturated carbocycles. The quantitative estimate of drug-likeness (QED) is 0.496. The summed E-state index contributed by atoms with van der Waals surface area (Å²) in [6.45, 7) is 2.15. The van der Waals surface area contributed by atoms with Gasteiger partial charge in [0.2, 0.25) is 0 Å². The van der Waals surface area contributed by atoms with Gasteiger partial charge in [0.15, 0.2) is 0 Å². The summed E-state index contributed by atoms with van der Waals surface area (Å²) in [5, 5.41) is 0. The van der Waals surface area contributed by atoms with Crippen LogP contribution in [0.5, 0.6) is 0 Å². The van der Waals surface area contributed by atoms with E-state index in [2.05, 4.69) is 107 Å². The second kappa shape index (κ2) is 6.08. The van der Waals surface area contributed by atoms with Crippen LogP contribution in [0.15, 0.2) is 99.6 Å². The Morgan fingerprint density at radius 3 is 1.57 bits per heavy atom. The summed E-state index contributed by atoms with van der Waals surface area (Å²) in [6, 6.07) is 30.2. The van der Waals surface area contributed by atoms with Crippen molar-refractivity contribution in [3.63, 3.8) is 0 Å². The minimum Gasteiger partial charge on any atom is -0.101 e. The molecule has 3 aromatic carbocycles. The van der Waals surface area contributed by atoms with E-state index in [0.29, 0.717) is 0 Å². The summed E-state index contributed by atoms with van der Waals surface area (Å²) in [6.07, 6.45) is 0. The minimum atomic E-state index is -1.39. The average Bonchev–Trinajstić information content (AvgIpc) is 2.56. The Morgan fingerprint density at radius 2 is 1.10 bits per heavy atom. The van der Waals surface area contributed by atoms with Crippen LogP contribution in [0.2, 0.25) is 0 Å². The summed E-state index contributed by atoms with van der Waals surface area (Å²) < 4.78 is 0. The second-order valence-corrected chi connectivity index (χ2v) is 10.4. The largest absolute Gasteiger partial charge is 0.101 e. The molecule has 0 aliphatic heterocycles. The zero-order valence-corrected chi connectivity index (χ0v) is 14.3. The molecular weight excluding hydrogens is 340 g/mol. The van der Waals surface area contributed by atoms with Gasteiger partial charge in [0.1, 0.15) is 0 Å². The van der Waals surface area contributed by atoms with Gasteiger partial charge >= 0.3 is 0 Å². The maximum atomic E-state index is 4.13.